The van der Waals surface area contributed by atoms with Crippen molar-refractivity contribution < 1.29 is 4.74 Å². The minimum atomic E-state index is 0.226. The molecule has 0 aliphatic carbocycles. The van der Waals surface area contributed by atoms with Crippen LogP contribution in [0.1, 0.15) is 29.7 Å². The number of benzene rings is 2. The summed E-state index contributed by atoms with van der Waals surface area (Å²) >= 11 is 0. The van der Waals surface area contributed by atoms with Gasteiger partial charge in [0.15, 0.2) is 0 Å². The maximum atomic E-state index is 8.94. The van der Waals surface area contributed by atoms with Gasteiger partial charge in [-0.05, 0) is 55.3 Å². The van der Waals surface area contributed by atoms with Crippen LogP contribution in [0, 0.1) is 11.3 Å². The van der Waals surface area contributed by atoms with E-state index in [1.807, 2.05) is 36.4 Å². The van der Waals surface area contributed by atoms with Crippen LogP contribution < -0.4 is 10.1 Å². The largest absolute Gasteiger partial charge is 0.497 e. The van der Waals surface area contributed by atoms with Crippen molar-refractivity contribution in [3.63, 3.8) is 0 Å². The van der Waals surface area contributed by atoms with E-state index in [1.54, 1.807) is 7.11 Å². The van der Waals surface area contributed by atoms with Crippen LogP contribution in [0.15, 0.2) is 48.5 Å². The second-order valence-corrected chi connectivity index (χ2v) is 5.01. The Kier molecular flexibility index (Phi) is 5.36. The van der Waals surface area contributed by atoms with Crippen LogP contribution in [0.25, 0.3) is 0 Å². The Morgan fingerprint density at radius 2 is 2.00 bits per heavy atom. The third kappa shape index (κ3) is 4.34. The fraction of sp³-hybridized carbons (Fsp3) is 0.278. The third-order valence-electron chi connectivity index (χ3n) is 3.51. The molecule has 1 N–H and O–H groups in total. The van der Waals surface area contributed by atoms with Gasteiger partial charge < -0.3 is 10.1 Å². The highest BCUT2D eigenvalue weighted by Gasteiger charge is 2.05. The molecule has 0 aromatic heterocycles. The van der Waals surface area contributed by atoms with Crippen molar-refractivity contribution in [2.75, 3.05) is 13.7 Å². The lowest BCUT2D eigenvalue weighted by Crippen LogP contribution is -2.21. The maximum Gasteiger partial charge on any atom is 0.119 e. The normalized spacial score (nSPS) is 11.7. The van der Waals surface area contributed by atoms with E-state index in [0.29, 0.717) is 5.56 Å². The molecule has 0 bridgehead atoms. The number of hydrogen-bond donors (Lipinski definition) is 1. The van der Waals surface area contributed by atoms with Gasteiger partial charge in [-0.3, -0.25) is 0 Å². The molecule has 108 valence electrons. The number of nitriles is 1. The summed E-state index contributed by atoms with van der Waals surface area (Å²) in [6.45, 7) is 2.99. The van der Waals surface area contributed by atoms with Gasteiger partial charge in [-0.1, -0.05) is 24.3 Å². The van der Waals surface area contributed by atoms with Crippen molar-refractivity contribution in [2.24, 2.45) is 0 Å². The molecular weight excluding hydrogens is 260 g/mol. The SMILES string of the molecule is COc1cccc(CCNC(C)c2cccc(C#N)c2)c1. The summed E-state index contributed by atoms with van der Waals surface area (Å²) in [4.78, 5) is 0. The van der Waals surface area contributed by atoms with Crippen molar-refractivity contribution in [3.8, 4) is 11.8 Å². The van der Waals surface area contributed by atoms with Gasteiger partial charge in [-0.2, -0.15) is 5.26 Å². The minimum absolute atomic E-state index is 0.226. The van der Waals surface area contributed by atoms with Crippen LogP contribution in [-0.4, -0.2) is 13.7 Å². The summed E-state index contributed by atoms with van der Waals surface area (Å²) in [6, 6.07) is 18.3. The Labute approximate surface area is 126 Å². The molecule has 0 aliphatic heterocycles. The monoisotopic (exact) mass is 280 g/mol. The van der Waals surface area contributed by atoms with E-state index >= 15 is 0 Å². The molecule has 0 saturated heterocycles. The van der Waals surface area contributed by atoms with E-state index in [-0.39, 0.29) is 6.04 Å². The van der Waals surface area contributed by atoms with Crippen LogP contribution in [0.4, 0.5) is 0 Å². The van der Waals surface area contributed by atoms with Gasteiger partial charge in [0.25, 0.3) is 0 Å². The third-order valence-corrected chi connectivity index (χ3v) is 3.51. The molecule has 3 nitrogen and oxygen atoms in total. The number of nitrogens with one attached hydrogen (secondary N) is 1. The Balaban J connectivity index is 1.89. The summed E-state index contributed by atoms with van der Waals surface area (Å²) in [5.41, 5.74) is 3.09. The van der Waals surface area contributed by atoms with Gasteiger partial charge in [-0.15, -0.1) is 0 Å². The van der Waals surface area contributed by atoms with Gasteiger partial charge in [-0.25, -0.2) is 0 Å². The van der Waals surface area contributed by atoms with Gasteiger partial charge in [0, 0.05) is 6.04 Å². The van der Waals surface area contributed by atoms with Crippen molar-refractivity contribution in [1.29, 1.82) is 5.26 Å². The van der Waals surface area contributed by atoms with Crippen molar-refractivity contribution >= 4 is 0 Å². The Morgan fingerprint density at radius 1 is 1.19 bits per heavy atom. The molecule has 0 aliphatic rings. The van der Waals surface area contributed by atoms with Crippen LogP contribution in [0.2, 0.25) is 0 Å². The molecule has 1 atom stereocenters. The predicted octanol–water partition coefficient (Wildman–Crippen LogP) is 3.46. The molecule has 0 amide bonds. The van der Waals surface area contributed by atoms with E-state index < -0.39 is 0 Å². The molecule has 3 heteroatoms. The molecule has 0 saturated carbocycles. The first kappa shape index (κ1) is 15.1. The fourth-order valence-electron chi connectivity index (χ4n) is 2.26. The first-order chi connectivity index (χ1) is 10.2. The van der Waals surface area contributed by atoms with Gasteiger partial charge >= 0.3 is 0 Å². The van der Waals surface area contributed by atoms with Crippen LogP contribution in [0.5, 0.6) is 5.75 Å². The molecule has 2 aromatic rings. The van der Waals surface area contributed by atoms with Crippen LogP contribution in [0.3, 0.4) is 0 Å². The quantitative estimate of drug-likeness (QED) is 0.881. The minimum Gasteiger partial charge on any atom is -0.497 e. The standard InChI is InChI=1S/C18H20N2O/c1-14(17-7-3-6-16(11-17)13-19)20-10-9-15-5-4-8-18(12-15)21-2/h3-8,11-12,14,20H,9-10H2,1-2H3. The maximum absolute atomic E-state index is 8.94. The number of nitrogens with zero attached hydrogens (tertiary/aromatic N) is 1. The van der Waals surface area contributed by atoms with E-state index in [9.17, 15) is 0 Å². The number of rotatable bonds is 6. The highest BCUT2D eigenvalue weighted by Crippen LogP contribution is 2.15. The second-order valence-electron chi connectivity index (χ2n) is 5.01. The highest BCUT2D eigenvalue weighted by molar-refractivity contribution is 5.34. The molecule has 21 heavy (non-hydrogen) atoms. The molecule has 2 rings (SSSR count). The first-order valence-electron chi connectivity index (χ1n) is 7.09. The van der Waals surface area contributed by atoms with Crippen LogP contribution in [-0.2, 0) is 6.42 Å². The molecule has 0 heterocycles. The zero-order valence-corrected chi connectivity index (χ0v) is 12.5. The summed E-state index contributed by atoms with van der Waals surface area (Å²) in [5, 5.41) is 12.4. The summed E-state index contributed by atoms with van der Waals surface area (Å²) in [5.74, 6) is 0.891. The molecule has 1 unspecified atom stereocenters. The molecule has 0 fully saturated rings. The van der Waals surface area contributed by atoms with Gasteiger partial charge in [0.1, 0.15) is 5.75 Å². The van der Waals surface area contributed by atoms with E-state index in [0.717, 1.165) is 24.3 Å². The Hall–Kier alpha value is -2.31. The Morgan fingerprint density at radius 3 is 2.76 bits per heavy atom. The number of ether oxygens (including phenoxy) is 1. The molecular formula is C18H20N2O. The van der Waals surface area contributed by atoms with Crippen molar-refractivity contribution in [2.45, 2.75) is 19.4 Å². The molecule has 2 aromatic carbocycles. The predicted molar refractivity (Wildman–Crippen MR) is 84.3 cm³/mol. The Bertz CT molecular complexity index is 631. The zero-order chi connectivity index (χ0) is 15.1. The fourth-order valence-corrected chi connectivity index (χ4v) is 2.26. The van der Waals surface area contributed by atoms with E-state index in [4.69, 9.17) is 10.00 Å². The highest BCUT2D eigenvalue weighted by atomic mass is 16.5. The summed E-state index contributed by atoms with van der Waals surface area (Å²) < 4.78 is 5.23. The molecule has 0 radical (unpaired) electrons. The lowest BCUT2D eigenvalue weighted by atomic mass is 10.1. The lowest BCUT2D eigenvalue weighted by molar-refractivity contribution is 0.414. The second kappa shape index (κ2) is 7.47. The number of methoxy groups -OCH3 is 1. The van der Waals surface area contributed by atoms with E-state index in [2.05, 4.69) is 30.4 Å². The van der Waals surface area contributed by atoms with Crippen molar-refractivity contribution in [1.82, 2.24) is 5.32 Å². The van der Waals surface area contributed by atoms with Gasteiger partial charge in [0.05, 0.1) is 18.7 Å². The van der Waals surface area contributed by atoms with Crippen molar-refractivity contribution in [3.05, 3.63) is 65.2 Å². The van der Waals surface area contributed by atoms with Crippen LogP contribution >= 0.6 is 0 Å². The average Bonchev–Trinajstić information content (AvgIpc) is 2.55. The zero-order valence-electron chi connectivity index (χ0n) is 12.5. The van der Waals surface area contributed by atoms with Gasteiger partial charge in [0.2, 0.25) is 0 Å². The number of hydrogen-bond acceptors (Lipinski definition) is 3. The van der Waals surface area contributed by atoms with E-state index in [1.165, 1.54) is 5.56 Å². The average molecular weight is 280 g/mol. The lowest BCUT2D eigenvalue weighted by Gasteiger charge is -2.14. The molecule has 0 spiro atoms. The summed E-state index contributed by atoms with van der Waals surface area (Å²) in [6.07, 6.45) is 0.944. The first-order valence-corrected chi connectivity index (χ1v) is 7.09. The smallest absolute Gasteiger partial charge is 0.119 e. The summed E-state index contributed by atoms with van der Waals surface area (Å²) in [7, 11) is 1.68. The topological polar surface area (TPSA) is 45.0 Å².